The van der Waals surface area contributed by atoms with Gasteiger partial charge in [-0.15, -0.1) is 0 Å². The number of fused-ring (bicyclic) bond motifs is 1. The van der Waals surface area contributed by atoms with Crippen LogP contribution in [0, 0.1) is 12.7 Å². The second-order valence-electron chi connectivity index (χ2n) is 4.57. The first-order chi connectivity index (χ1) is 7.79. The molecule has 0 aliphatic heterocycles. The van der Waals surface area contributed by atoms with Crippen LogP contribution in [0.5, 0.6) is 0 Å². The largest absolute Gasteiger partial charge is 0.250 e. The van der Waals surface area contributed by atoms with Crippen molar-refractivity contribution in [1.29, 1.82) is 0 Å². The first-order valence-corrected chi connectivity index (χ1v) is 6.04. The molecule has 0 bridgehead atoms. The molecule has 2 rings (SSSR count). The highest BCUT2D eigenvalue weighted by Gasteiger charge is 2.23. The summed E-state index contributed by atoms with van der Waals surface area (Å²) in [5.41, 5.74) is -0.243. The van der Waals surface area contributed by atoms with E-state index in [1.165, 1.54) is 19.9 Å². The SMILES string of the molecule is Cc1cc(C(C)(C)F)c2cc(Br)cc(F)c2n1. The van der Waals surface area contributed by atoms with Gasteiger partial charge < -0.3 is 0 Å². The van der Waals surface area contributed by atoms with Crippen molar-refractivity contribution in [3.63, 3.8) is 0 Å². The van der Waals surface area contributed by atoms with E-state index in [0.717, 1.165) is 0 Å². The number of pyridine rings is 1. The van der Waals surface area contributed by atoms with Crippen LogP contribution in [0.15, 0.2) is 22.7 Å². The summed E-state index contributed by atoms with van der Waals surface area (Å²) in [5, 5.41) is 0.509. The highest BCUT2D eigenvalue weighted by Crippen LogP contribution is 2.33. The summed E-state index contributed by atoms with van der Waals surface area (Å²) in [4.78, 5) is 4.13. The molecule has 4 heteroatoms. The molecule has 0 radical (unpaired) electrons. The molecule has 0 fully saturated rings. The van der Waals surface area contributed by atoms with Crippen LogP contribution >= 0.6 is 15.9 Å². The van der Waals surface area contributed by atoms with Gasteiger partial charge in [0.25, 0.3) is 0 Å². The Morgan fingerprint density at radius 1 is 1.24 bits per heavy atom. The fraction of sp³-hybridized carbons (Fsp3) is 0.308. The van der Waals surface area contributed by atoms with Crippen molar-refractivity contribution in [3.8, 4) is 0 Å². The first-order valence-electron chi connectivity index (χ1n) is 5.25. The van der Waals surface area contributed by atoms with Gasteiger partial charge in [-0.3, -0.25) is 4.98 Å². The topological polar surface area (TPSA) is 12.9 Å². The number of benzene rings is 1. The normalized spacial score (nSPS) is 12.1. The lowest BCUT2D eigenvalue weighted by Gasteiger charge is -2.18. The van der Waals surface area contributed by atoms with Crippen molar-refractivity contribution in [2.75, 3.05) is 0 Å². The molecule has 1 nitrogen and oxygen atoms in total. The van der Waals surface area contributed by atoms with E-state index in [-0.39, 0.29) is 5.52 Å². The summed E-state index contributed by atoms with van der Waals surface area (Å²) in [6, 6.07) is 4.69. The zero-order chi connectivity index (χ0) is 12.8. The Bertz CT molecular complexity index is 588. The van der Waals surface area contributed by atoms with Crippen molar-refractivity contribution >= 4 is 26.8 Å². The molecule has 2 aromatic rings. The summed E-state index contributed by atoms with van der Waals surface area (Å²) in [5.74, 6) is -0.441. The third-order valence-electron chi connectivity index (χ3n) is 2.60. The number of halogens is 3. The monoisotopic (exact) mass is 299 g/mol. The molecule has 90 valence electrons. The fourth-order valence-electron chi connectivity index (χ4n) is 1.87. The molecule has 17 heavy (non-hydrogen) atoms. The Balaban J connectivity index is 2.93. The zero-order valence-corrected chi connectivity index (χ0v) is 11.4. The van der Waals surface area contributed by atoms with Crippen LogP contribution in [0.3, 0.4) is 0 Å². The minimum atomic E-state index is -1.53. The number of aryl methyl sites for hydroxylation is 1. The van der Waals surface area contributed by atoms with E-state index in [4.69, 9.17) is 0 Å². The number of nitrogens with zero attached hydrogens (tertiary/aromatic N) is 1. The zero-order valence-electron chi connectivity index (χ0n) is 9.81. The summed E-state index contributed by atoms with van der Waals surface area (Å²) in [6.07, 6.45) is 0. The van der Waals surface area contributed by atoms with Crippen LogP contribution in [0.2, 0.25) is 0 Å². The molecule has 1 aromatic carbocycles. The van der Waals surface area contributed by atoms with Gasteiger partial charge in [-0.05, 0) is 44.5 Å². The fourth-order valence-corrected chi connectivity index (χ4v) is 2.30. The van der Waals surface area contributed by atoms with Crippen LogP contribution < -0.4 is 0 Å². The molecular weight excluding hydrogens is 288 g/mol. The van der Waals surface area contributed by atoms with Crippen molar-refractivity contribution in [1.82, 2.24) is 4.98 Å². The Morgan fingerprint density at radius 2 is 1.88 bits per heavy atom. The molecule has 0 saturated heterocycles. The molecule has 0 atom stereocenters. The van der Waals surface area contributed by atoms with Gasteiger partial charge in [0.15, 0.2) is 5.82 Å². The van der Waals surface area contributed by atoms with Gasteiger partial charge in [0.2, 0.25) is 0 Å². The highest BCUT2D eigenvalue weighted by molar-refractivity contribution is 9.10. The van der Waals surface area contributed by atoms with E-state index < -0.39 is 11.5 Å². The summed E-state index contributed by atoms with van der Waals surface area (Å²) < 4.78 is 28.5. The van der Waals surface area contributed by atoms with Gasteiger partial charge in [0, 0.05) is 15.6 Å². The molecule has 0 aliphatic carbocycles. The van der Waals surface area contributed by atoms with Crippen LogP contribution in [0.25, 0.3) is 10.9 Å². The first kappa shape index (κ1) is 12.4. The van der Waals surface area contributed by atoms with Gasteiger partial charge in [-0.25, -0.2) is 8.78 Å². The average molecular weight is 300 g/mol. The molecule has 0 amide bonds. The average Bonchev–Trinajstić information content (AvgIpc) is 2.16. The second-order valence-corrected chi connectivity index (χ2v) is 5.48. The Morgan fingerprint density at radius 3 is 2.47 bits per heavy atom. The number of aromatic nitrogens is 1. The van der Waals surface area contributed by atoms with Gasteiger partial charge in [-0.2, -0.15) is 0 Å². The lowest BCUT2D eigenvalue weighted by atomic mass is 9.95. The second kappa shape index (κ2) is 4.02. The maximum atomic E-state index is 14.1. The van der Waals surface area contributed by atoms with Gasteiger partial charge in [-0.1, -0.05) is 15.9 Å². The number of hydrogen-bond donors (Lipinski definition) is 0. The Hall–Kier alpha value is -1.03. The Kier molecular flexibility index (Phi) is 2.94. The third-order valence-corrected chi connectivity index (χ3v) is 3.06. The molecule has 0 aliphatic rings. The van der Waals surface area contributed by atoms with Crippen molar-refractivity contribution < 1.29 is 8.78 Å². The van der Waals surface area contributed by atoms with E-state index >= 15 is 0 Å². The summed E-state index contributed by atoms with van der Waals surface area (Å²) >= 11 is 3.21. The Labute approximate surface area is 107 Å². The van der Waals surface area contributed by atoms with E-state index in [2.05, 4.69) is 20.9 Å². The van der Waals surface area contributed by atoms with Crippen LogP contribution in [-0.2, 0) is 5.67 Å². The smallest absolute Gasteiger partial charge is 0.150 e. The van der Waals surface area contributed by atoms with E-state index in [1.54, 1.807) is 19.1 Å². The van der Waals surface area contributed by atoms with Crippen molar-refractivity contribution in [3.05, 3.63) is 39.7 Å². The quantitative estimate of drug-likeness (QED) is 0.747. The van der Waals surface area contributed by atoms with E-state index in [1.807, 2.05) is 0 Å². The minimum Gasteiger partial charge on any atom is -0.250 e. The van der Waals surface area contributed by atoms with Gasteiger partial charge in [0.05, 0.1) is 0 Å². The molecule has 0 N–H and O–H groups in total. The van der Waals surface area contributed by atoms with Gasteiger partial charge >= 0.3 is 0 Å². The third kappa shape index (κ3) is 2.32. The maximum Gasteiger partial charge on any atom is 0.150 e. The molecule has 0 saturated carbocycles. The number of rotatable bonds is 1. The van der Waals surface area contributed by atoms with Gasteiger partial charge in [0.1, 0.15) is 11.2 Å². The van der Waals surface area contributed by atoms with E-state index in [0.29, 0.717) is 21.1 Å². The highest BCUT2D eigenvalue weighted by atomic mass is 79.9. The maximum absolute atomic E-state index is 14.1. The lowest BCUT2D eigenvalue weighted by Crippen LogP contribution is -2.11. The standard InChI is InChI=1S/C13H12BrF2N/c1-7-4-10(13(2,3)16)9-5-8(14)6-11(15)12(9)17-7/h4-6H,1-3H3. The number of hydrogen-bond acceptors (Lipinski definition) is 1. The number of alkyl halides is 1. The van der Waals surface area contributed by atoms with Crippen LogP contribution in [0.1, 0.15) is 25.1 Å². The molecule has 0 spiro atoms. The summed E-state index contributed by atoms with van der Waals surface area (Å²) in [6.45, 7) is 4.65. The lowest BCUT2D eigenvalue weighted by molar-refractivity contribution is 0.223. The van der Waals surface area contributed by atoms with Crippen LogP contribution in [-0.4, -0.2) is 4.98 Å². The molecular formula is C13H12BrF2N. The predicted molar refractivity (Wildman–Crippen MR) is 68.3 cm³/mol. The van der Waals surface area contributed by atoms with E-state index in [9.17, 15) is 8.78 Å². The minimum absolute atomic E-state index is 0.217. The molecule has 1 aromatic heterocycles. The van der Waals surface area contributed by atoms with Crippen molar-refractivity contribution in [2.45, 2.75) is 26.4 Å². The van der Waals surface area contributed by atoms with Crippen molar-refractivity contribution in [2.24, 2.45) is 0 Å². The van der Waals surface area contributed by atoms with Crippen LogP contribution in [0.4, 0.5) is 8.78 Å². The molecule has 1 heterocycles. The predicted octanol–water partition coefficient (Wildman–Crippen LogP) is 4.65. The molecule has 0 unspecified atom stereocenters. The summed E-state index contributed by atoms with van der Waals surface area (Å²) in [7, 11) is 0.